The van der Waals surface area contributed by atoms with E-state index in [0.29, 0.717) is 30.5 Å². The molecule has 1 N–H and O–H groups in total. The van der Waals surface area contributed by atoms with Crippen LogP contribution in [-0.4, -0.2) is 59.9 Å². The predicted molar refractivity (Wildman–Crippen MR) is 161 cm³/mol. The molecule has 2 aromatic heterocycles. The number of hydrogen-bond donors (Lipinski definition) is 1. The van der Waals surface area contributed by atoms with Crippen LogP contribution in [0.25, 0.3) is 22.3 Å². The van der Waals surface area contributed by atoms with Crippen molar-refractivity contribution in [1.29, 1.82) is 0 Å². The number of fused-ring (bicyclic) bond motifs is 3. The van der Waals surface area contributed by atoms with Crippen LogP contribution < -0.4 is 14.4 Å². The van der Waals surface area contributed by atoms with Crippen LogP contribution in [0.2, 0.25) is 0 Å². The van der Waals surface area contributed by atoms with Crippen LogP contribution in [0.4, 0.5) is 11.4 Å². The molecule has 4 aromatic rings. The van der Waals surface area contributed by atoms with Gasteiger partial charge in [-0.05, 0) is 68.4 Å². The molecule has 11 heteroatoms. The van der Waals surface area contributed by atoms with E-state index in [4.69, 9.17) is 4.74 Å². The van der Waals surface area contributed by atoms with Crippen molar-refractivity contribution in [1.82, 2.24) is 19.7 Å². The fourth-order valence-electron chi connectivity index (χ4n) is 5.62. The van der Waals surface area contributed by atoms with Crippen LogP contribution in [0.5, 0.6) is 5.75 Å². The van der Waals surface area contributed by atoms with Crippen molar-refractivity contribution in [2.75, 3.05) is 41.3 Å². The average Bonchev–Trinajstić information content (AvgIpc) is 3.17. The molecule has 1 atom stereocenters. The molecule has 2 aliphatic rings. The van der Waals surface area contributed by atoms with E-state index in [-0.39, 0.29) is 0 Å². The molecule has 40 heavy (non-hydrogen) atoms. The summed E-state index contributed by atoms with van der Waals surface area (Å²) in [6, 6.07) is 14.2. The minimum absolute atomic E-state index is 0.344. The smallest absolute Gasteiger partial charge is 0.232 e. The van der Waals surface area contributed by atoms with Gasteiger partial charge < -0.3 is 14.6 Å². The lowest BCUT2D eigenvalue weighted by atomic mass is 9.96. The largest absolute Gasteiger partial charge is 0.489 e. The van der Waals surface area contributed by atoms with E-state index in [0.717, 1.165) is 76.8 Å². The normalized spacial score (nSPS) is 17.1. The predicted octanol–water partition coefficient (Wildman–Crippen LogP) is 5.04. The molecule has 4 heterocycles. The topological polar surface area (TPSA) is 102 Å². The summed E-state index contributed by atoms with van der Waals surface area (Å²) in [6.45, 7) is 3.59. The Morgan fingerprint density at radius 3 is 2.90 bits per heavy atom. The van der Waals surface area contributed by atoms with Gasteiger partial charge in [0.1, 0.15) is 12.4 Å². The van der Waals surface area contributed by atoms with Crippen molar-refractivity contribution in [3.05, 3.63) is 53.7 Å². The number of aryl methyl sites for hydroxylation is 2. The van der Waals surface area contributed by atoms with E-state index in [1.54, 1.807) is 11.8 Å². The van der Waals surface area contributed by atoms with Gasteiger partial charge in [-0.15, -0.1) is 10.2 Å². The fraction of sp³-hybridized carbons (Fsp3) is 0.414. The first-order valence-corrected chi connectivity index (χ1v) is 16.5. The van der Waals surface area contributed by atoms with Gasteiger partial charge in [0.05, 0.1) is 24.0 Å². The number of sulfonamides is 1. The number of ether oxygens (including phenoxy) is 1. The summed E-state index contributed by atoms with van der Waals surface area (Å²) < 4.78 is 33.9. The van der Waals surface area contributed by atoms with Crippen LogP contribution in [0.3, 0.4) is 0 Å². The third-order valence-corrected chi connectivity index (χ3v) is 10.0. The van der Waals surface area contributed by atoms with E-state index < -0.39 is 10.0 Å². The molecule has 2 aliphatic heterocycles. The molecule has 0 amide bonds. The summed E-state index contributed by atoms with van der Waals surface area (Å²) in [5.41, 5.74) is 5.85. The van der Waals surface area contributed by atoms with E-state index in [9.17, 15) is 8.42 Å². The molecular weight excluding hydrogens is 544 g/mol. The summed E-state index contributed by atoms with van der Waals surface area (Å²) in [6.07, 6.45) is 5.47. The average molecular weight is 579 g/mol. The molecule has 0 fully saturated rings. The van der Waals surface area contributed by atoms with Gasteiger partial charge in [-0.2, -0.15) is 0 Å². The van der Waals surface area contributed by atoms with E-state index >= 15 is 0 Å². The SMILES string of the molecule is Cc1ccc2c(-c3nnc(SCCCC4CCc5cc6c(cc5NC4)N(S(C)(=O)=O)CCO6)n3C)cccc2n1. The maximum Gasteiger partial charge on any atom is 0.232 e. The van der Waals surface area contributed by atoms with Gasteiger partial charge in [0.25, 0.3) is 0 Å². The quantitative estimate of drug-likeness (QED) is 0.240. The number of nitrogens with one attached hydrogen (secondary N) is 1. The van der Waals surface area contributed by atoms with Gasteiger partial charge in [-0.25, -0.2) is 8.42 Å². The van der Waals surface area contributed by atoms with E-state index in [1.165, 1.54) is 16.1 Å². The van der Waals surface area contributed by atoms with Crippen LogP contribution in [0.15, 0.2) is 47.6 Å². The summed E-state index contributed by atoms with van der Waals surface area (Å²) >= 11 is 1.75. The lowest BCUT2D eigenvalue weighted by molar-refractivity contribution is 0.315. The molecule has 0 saturated heterocycles. The van der Waals surface area contributed by atoms with Crippen molar-refractivity contribution in [2.45, 2.75) is 37.8 Å². The number of thioether (sulfide) groups is 1. The minimum Gasteiger partial charge on any atom is -0.489 e. The summed E-state index contributed by atoms with van der Waals surface area (Å²) in [7, 11) is -1.32. The number of benzene rings is 2. The Balaban J connectivity index is 1.06. The Morgan fingerprint density at radius 1 is 1.18 bits per heavy atom. The molecule has 1 unspecified atom stereocenters. The maximum atomic E-state index is 12.3. The highest BCUT2D eigenvalue weighted by atomic mass is 32.2. The standard InChI is InChI=1S/C29H34N6O3S2/c1-19-9-12-22-23(7-4-8-24(22)31-19)28-32-33-29(34(28)2)39-15-5-6-20-10-11-21-16-27-26(17-25(21)30-18-20)35(13-14-38-27)40(3,36)37/h4,7-9,12,16-17,20,30H,5-6,10-11,13-15,18H2,1-3H3. The molecule has 6 rings (SSSR count). The zero-order valence-corrected chi connectivity index (χ0v) is 24.7. The van der Waals surface area contributed by atoms with Gasteiger partial charge in [-0.3, -0.25) is 9.29 Å². The van der Waals surface area contributed by atoms with Crippen LogP contribution in [-0.2, 0) is 23.5 Å². The highest BCUT2D eigenvalue weighted by Gasteiger charge is 2.28. The Labute approximate surface area is 239 Å². The number of pyridine rings is 1. The lowest BCUT2D eigenvalue weighted by Gasteiger charge is -2.30. The molecule has 0 saturated carbocycles. The second-order valence-corrected chi connectivity index (χ2v) is 13.6. The summed E-state index contributed by atoms with van der Waals surface area (Å²) in [5.74, 6) is 3.02. The Bertz CT molecular complexity index is 1670. The first-order valence-electron chi connectivity index (χ1n) is 13.7. The summed E-state index contributed by atoms with van der Waals surface area (Å²) in [4.78, 5) is 4.66. The van der Waals surface area contributed by atoms with Crippen LogP contribution in [0.1, 0.15) is 30.5 Å². The van der Waals surface area contributed by atoms with Crippen LogP contribution in [0, 0.1) is 12.8 Å². The first-order chi connectivity index (χ1) is 19.3. The molecular formula is C29H34N6O3S2. The van der Waals surface area contributed by atoms with Crippen molar-refractivity contribution in [3.8, 4) is 17.1 Å². The number of hydrogen-bond acceptors (Lipinski definition) is 8. The van der Waals surface area contributed by atoms with Crippen molar-refractivity contribution in [2.24, 2.45) is 13.0 Å². The van der Waals surface area contributed by atoms with Gasteiger partial charge in [-0.1, -0.05) is 30.0 Å². The third kappa shape index (κ3) is 5.36. The van der Waals surface area contributed by atoms with Crippen molar-refractivity contribution >= 4 is 44.1 Å². The minimum atomic E-state index is -3.34. The second kappa shape index (κ2) is 10.9. The van der Waals surface area contributed by atoms with Crippen molar-refractivity contribution in [3.63, 3.8) is 0 Å². The Morgan fingerprint density at radius 2 is 2.05 bits per heavy atom. The molecule has 0 radical (unpaired) electrons. The maximum absolute atomic E-state index is 12.3. The molecule has 0 spiro atoms. The molecule has 9 nitrogen and oxygen atoms in total. The Hall–Kier alpha value is -3.31. The lowest BCUT2D eigenvalue weighted by Crippen LogP contribution is -2.37. The number of rotatable bonds is 7. The first kappa shape index (κ1) is 26.9. The Kier molecular flexibility index (Phi) is 7.35. The van der Waals surface area contributed by atoms with Gasteiger partial charge >= 0.3 is 0 Å². The van der Waals surface area contributed by atoms with E-state index in [1.807, 2.05) is 44.3 Å². The number of anilines is 2. The molecule has 210 valence electrons. The van der Waals surface area contributed by atoms with Crippen LogP contribution >= 0.6 is 11.8 Å². The van der Waals surface area contributed by atoms with Crippen molar-refractivity contribution < 1.29 is 13.2 Å². The molecule has 0 aliphatic carbocycles. The van der Waals surface area contributed by atoms with Gasteiger partial charge in [0.15, 0.2) is 11.0 Å². The second-order valence-electron chi connectivity index (χ2n) is 10.6. The zero-order valence-electron chi connectivity index (χ0n) is 23.1. The fourth-order valence-corrected chi connectivity index (χ4v) is 7.40. The van der Waals surface area contributed by atoms with E-state index in [2.05, 4.69) is 37.2 Å². The molecule has 0 bridgehead atoms. The summed E-state index contributed by atoms with van der Waals surface area (Å²) in [5, 5.41) is 14.6. The van der Waals surface area contributed by atoms with Gasteiger partial charge in [0.2, 0.25) is 10.0 Å². The highest BCUT2D eigenvalue weighted by molar-refractivity contribution is 7.99. The zero-order chi connectivity index (χ0) is 27.9. The number of nitrogens with zero attached hydrogens (tertiary/aromatic N) is 5. The third-order valence-electron chi connectivity index (χ3n) is 7.74. The highest BCUT2D eigenvalue weighted by Crippen LogP contribution is 2.40. The number of aromatic nitrogens is 4. The van der Waals surface area contributed by atoms with Gasteiger partial charge in [0, 0.05) is 41.7 Å². The molecule has 2 aromatic carbocycles. The monoisotopic (exact) mass is 578 g/mol.